The monoisotopic (exact) mass is 300 g/mol. The van der Waals surface area contributed by atoms with Crippen LogP contribution in [0, 0.1) is 5.82 Å². The van der Waals surface area contributed by atoms with Crippen LogP contribution >= 0.6 is 12.2 Å². The molecule has 6 nitrogen and oxygen atoms in total. The highest BCUT2D eigenvalue weighted by Crippen LogP contribution is 2.19. The molecule has 2 aromatic rings. The number of hydrogen-bond donors (Lipinski definition) is 3. The van der Waals surface area contributed by atoms with Gasteiger partial charge in [-0.2, -0.15) is 5.10 Å². The third-order valence-electron chi connectivity index (χ3n) is 2.28. The van der Waals surface area contributed by atoms with E-state index in [9.17, 15) is 12.8 Å². The lowest BCUT2D eigenvalue weighted by atomic mass is 10.2. The Morgan fingerprint density at radius 1 is 1.47 bits per heavy atom. The Morgan fingerprint density at radius 2 is 2.21 bits per heavy atom. The van der Waals surface area contributed by atoms with Gasteiger partial charge in [0.2, 0.25) is 0 Å². The minimum absolute atomic E-state index is 0.0307. The van der Waals surface area contributed by atoms with Crippen LogP contribution in [0.5, 0.6) is 0 Å². The molecule has 19 heavy (non-hydrogen) atoms. The van der Waals surface area contributed by atoms with E-state index in [1.807, 2.05) is 0 Å². The Morgan fingerprint density at radius 3 is 2.74 bits per heavy atom. The molecule has 0 spiro atoms. The van der Waals surface area contributed by atoms with Gasteiger partial charge in [-0.25, -0.2) is 12.8 Å². The molecule has 1 aromatic heterocycles. The predicted molar refractivity (Wildman–Crippen MR) is 71.7 cm³/mol. The van der Waals surface area contributed by atoms with Crippen molar-refractivity contribution in [3.63, 3.8) is 0 Å². The SMILES string of the molecule is NC(=S)c1ccc(NS(=O)(=O)c2cn[nH]c2)c(F)c1. The molecule has 0 bridgehead atoms. The molecule has 1 aromatic carbocycles. The molecule has 0 atom stereocenters. The summed E-state index contributed by atoms with van der Waals surface area (Å²) in [5.74, 6) is -0.766. The summed E-state index contributed by atoms with van der Waals surface area (Å²) in [6.45, 7) is 0. The van der Waals surface area contributed by atoms with E-state index in [1.54, 1.807) is 0 Å². The van der Waals surface area contributed by atoms with Crippen LogP contribution in [0.1, 0.15) is 5.56 Å². The molecular formula is C10H9FN4O2S2. The Balaban J connectivity index is 2.32. The summed E-state index contributed by atoms with van der Waals surface area (Å²) < 4.78 is 39.5. The number of aromatic amines is 1. The third-order valence-corrected chi connectivity index (χ3v) is 3.85. The lowest BCUT2D eigenvalue weighted by Gasteiger charge is -2.08. The molecule has 100 valence electrons. The average Bonchev–Trinajstić information content (AvgIpc) is 2.85. The van der Waals surface area contributed by atoms with Gasteiger partial charge in [-0.05, 0) is 18.2 Å². The van der Waals surface area contributed by atoms with Gasteiger partial charge in [0.05, 0.1) is 11.9 Å². The van der Waals surface area contributed by atoms with Crippen molar-refractivity contribution in [1.82, 2.24) is 10.2 Å². The molecule has 4 N–H and O–H groups in total. The van der Waals surface area contributed by atoms with Gasteiger partial charge >= 0.3 is 0 Å². The van der Waals surface area contributed by atoms with Crippen LogP contribution in [-0.4, -0.2) is 23.6 Å². The van der Waals surface area contributed by atoms with E-state index in [0.29, 0.717) is 5.56 Å². The number of rotatable bonds is 4. The lowest BCUT2D eigenvalue weighted by molar-refractivity contribution is 0.598. The van der Waals surface area contributed by atoms with Crippen LogP contribution in [0.4, 0.5) is 10.1 Å². The van der Waals surface area contributed by atoms with E-state index in [-0.39, 0.29) is 15.6 Å². The van der Waals surface area contributed by atoms with Gasteiger partial charge < -0.3 is 5.73 Å². The van der Waals surface area contributed by atoms with Gasteiger partial charge in [0.25, 0.3) is 10.0 Å². The standard InChI is InChI=1S/C10H9FN4O2S2/c11-8-3-6(10(12)18)1-2-9(8)15-19(16,17)7-4-13-14-5-7/h1-5,15H,(H2,12,18)(H,13,14). The average molecular weight is 300 g/mol. The molecule has 9 heteroatoms. The maximum Gasteiger partial charge on any atom is 0.265 e. The summed E-state index contributed by atoms with van der Waals surface area (Å²) in [5, 5.41) is 5.88. The van der Waals surface area contributed by atoms with E-state index < -0.39 is 15.8 Å². The molecule has 1 heterocycles. The van der Waals surface area contributed by atoms with Crippen LogP contribution in [0.25, 0.3) is 0 Å². The molecule has 2 rings (SSSR count). The van der Waals surface area contributed by atoms with E-state index in [1.165, 1.54) is 18.3 Å². The minimum atomic E-state index is -3.87. The summed E-state index contributed by atoms with van der Waals surface area (Å²) in [6.07, 6.45) is 2.30. The smallest absolute Gasteiger partial charge is 0.265 e. The quantitative estimate of drug-likeness (QED) is 0.731. The summed E-state index contributed by atoms with van der Waals surface area (Å²) in [6, 6.07) is 3.75. The zero-order valence-electron chi connectivity index (χ0n) is 9.42. The first kappa shape index (κ1) is 13.4. The molecule has 0 unspecified atom stereocenters. The van der Waals surface area contributed by atoms with Crippen LogP contribution in [-0.2, 0) is 10.0 Å². The van der Waals surface area contributed by atoms with Crippen molar-refractivity contribution >= 4 is 32.9 Å². The number of halogens is 1. The number of H-pyrrole nitrogens is 1. The molecule has 0 radical (unpaired) electrons. The maximum absolute atomic E-state index is 13.7. The summed E-state index contributed by atoms with van der Waals surface area (Å²) >= 11 is 4.70. The largest absolute Gasteiger partial charge is 0.389 e. The van der Waals surface area contributed by atoms with Crippen molar-refractivity contribution in [3.8, 4) is 0 Å². The first-order chi connectivity index (χ1) is 8.90. The zero-order valence-corrected chi connectivity index (χ0v) is 11.1. The molecular weight excluding hydrogens is 291 g/mol. The Hall–Kier alpha value is -2.00. The first-order valence-corrected chi connectivity index (χ1v) is 6.90. The number of nitrogens with zero attached hydrogens (tertiary/aromatic N) is 1. The number of benzene rings is 1. The molecule has 0 aliphatic carbocycles. The number of thiocarbonyl (C=S) groups is 1. The lowest BCUT2D eigenvalue weighted by Crippen LogP contribution is -2.14. The number of sulfonamides is 1. The molecule has 0 aliphatic heterocycles. The fraction of sp³-hybridized carbons (Fsp3) is 0. The number of nitrogens with one attached hydrogen (secondary N) is 2. The van der Waals surface area contributed by atoms with Crippen molar-refractivity contribution in [2.45, 2.75) is 4.90 Å². The van der Waals surface area contributed by atoms with Crippen molar-refractivity contribution in [3.05, 3.63) is 42.0 Å². The summed E-state index contributed by atoms with van der Waals surface area (Å²) in [4.78, 5) is -0.0616. The van der Waals surface area contributed by atoms with E-state index in [2.05, 4.69) is 14.9 Å². The van der Waals surface area contributed by atoms with Gasteiger partial charge in [0.1, 0.15) is 15.7 Å². The van der Waals surface area contributed by atoms with E-state index in [4.69, 9.17) is 18.0 Å². The minimum Gasteiger partial charge on any atom is -0.389 e. The number of hydrogen-bond acceptors (Lipinski definition) is 4. The van der Waals surface area contributed by atoms with E-state index in [0.717, 1.165) is 12.3 Å². The van der Waals surface area contributed by atoms with Crippen molar-refractivity contribution in [2.24, 2.45) is 5.73 Å². The predicted octanol–water partition coefficient (Wildman–Crippen LogP) is 0.984. The normalized spacial score (nSPS) is 11.2. The molecule has 0 fully saturated rings. The first-order valence-electron chi connectivity index (χ1n) is 5.01. The van der Waals surface area contributed by atoms with Gasteiger partial charge in [0.15, 0.2) is 0 Å². The van der Waals surface area contributed by atoms with Crippen molar-refractivity contribution in [2.75, 3.05) is 4.72 Å². The number of anilines is 1. The van der Waals surface area contributed by atoms with Gasteiger partial charge in [0, 0.05) is 11.8 Å². The second-order valence-electron chi connectivity index (χ2n) is 3.60. The van der Waals surface area contributed by atoms with Crippen LogP contribution in [0.15, 0.2) is 35.5 Å². The number of nitrogens with two attached hydrogens (primary N) is 1. The molecule has 0 amide bonds. The van der Waals surface area contributed by atoms with Crippen molar-refractivity contribution in [1.29, 1.82) is 0 Å². The Kier molecular flexibility index (Phi) is 3.49. The van der Waals surface area contributed by atoms with Crippen molar-refractivity contribution < 1.29 is 12.8 Å². The molecule has 0 saturated heterocycles. The summed E-state index contributed by atoms with van der Waals surface area (Å²) in [5.41, 5.74) is 5.48. The highest BCUT2D eigenvalue weighted by atomic mass is 32.2. The summed E-state index contributed by atoms with van der Waals surface area (Å²) in [7, 11) is -3.87. The Bertz CT molecular complexity index is 713. The van der Waals surface area contributed by atoms with Gasteiger partial charge in [-0.15, -0.1) is 0 Å². The second-order valence-corrected chi connectivity index (χ2v) is 5.72. The van der Waals surface area contributed by atoms with Gasteiger partial charge in [-0.3, -0.25) is 9.82 Å². The topological polar surface area (TPSA) is 101 Å². The van der Waals surface area contributed by atoms with Crippen LogP contribution < -0.4 is 10.5 Å². The maximum atomic E-state index is 13.7. The van der Waals surface area contributed by atoms with E-state index >= 15 is 0 Å². The number of aromatic nitrogens is 2. The Labute approximate surface area is 113 Å². The van der Waals surface area contributed by atoms with Gasteiger partial charge in [-0.1, -0.05) is 12.2 Å². The highest BCUT2D eigenvalue weighted by molar-refractivity contribution is 7.92. The molecule has 0 saturated carbocycles. The van der Waals surface area contributed by atoms with Crippen LogP contribution in [0.2, 0.25) is 0 Å². The molecule has 0 aliphatic rings. The fourth-order valence-electron chi connectivity index (χ4n) is 1.34. The second kappa shape index (κ2) is 4.94. The van der Waals surface area contributed by atoms with Crippen LogP contribution in [0.3, 0.4) is 0 Å². The third kappa shape index (κ3) is 2.88. The fourth-order valence-corrected chi connectivity index (χ4v) is 2.44. The zero-order chi connectivity index (χ0) is 14.0. The highest BCUT2D eigenvalue weighted by Gasteiger charge is 2.17.